The summed E-state index contributed by atoms with van der Waals surface area (Å²) in [5.41, 5.74) is 0.266. The first-order valence-electron chi connectivity index (χ1n) is 5.66. The molecule has 2 nitrogen and oxygen atoms in total. The van der Waals surface area contributed by atoms with E-state index in [4.69, 9.17) is 4.74 Å². The van der Waals surface area contributed by atoms with Crippen LogP contribution < -0.4 is 5.32 Å². The van der Waals surface area contributed by atoms with Crippen molar-refractivity contribution in [3.63, 3.8) is 0 Å². The summed E-state index contributed by atoms with van der Waals surface area (Å²) in [5, 5.41) is 5.47. The second-order valence-corrected chi connectivity index (χ2v) is 6.38. The van der Waals surface area contributed by atoms with E-state index in [9.17, 15) is 0 Å². The molecule has 4 heteroatoms. The minimum Gasteiger partial charge on any atom is -0.378 e. The monoisotopic (exact) mass is 303 g/mol. The van der Waals surface area contributed by atoms with Crippen molar-refractivity contribution >= 4 is 27.3 Å². The predicted molar refractivity (Wildman–Crippen MR) is 72.1 cm³/mol. The molecule has 2 atom stereocenters. The predicted octanol–water partition coefficient (Wildman–Crippen LogP) is 3.07. The van der Waals surface area contributed by atoms with E-state index in [-0.39, 0.29) is 5.41 Å². The molecule has 1 saturated heterocycles. The van der Waals surface area contributed by atoms with Gasteiger partial charge in [-0.1, -0.05) is 0 Å². The van der Waals surface area contributed by atoms with Crippen molar-refractivity contribution in [2.75, 3.05) is 20.2 Å². The normalized spacial score (nSPS) is 29.8. The smallest absolute Gasteiger partial charge is 0.0619 e. The quantitative estimate of drug-likeness (QED) is 0.923. The highest BCUT2D eigenvalue weighted by atomic mass is 79.9. The van der Waals surface area contributed by atoms with Crippen LogP contribution in [0.4, 0.5) is 0 Å². The van der Waals surface area contributed by atoms with Gasteiger partial charge in [-0.25, -0.2) is 0 Å². The number of ether oxygens (including phenoxy) is 1. The van der Waals surface area contributed by atoms with Crippen LogP contribution >= 0.6 is 27.3 Å². The summed E-state index contributed by atoms with van der Waals surface area (Å²) < 4.78 is 7.00. The van der Waals surface area contributed by atoms with Crippen molar-refractivity contribution in [3.8, 4) is 0 Å². The molecule has 16 heavy (non-hydrogen) atoms. The minimum absolute atomic E-state index is 0.266. The fourth-order valence-corrected chi connectivity index (χ4v) is 4.12. The first kappa shape index (κ1) is 12.6. The molecule has 2 rings (SSSR count). The van der Waals surface area contributed by atoms with Gasteiger partial charge < -0.3 is 10.1 Å². The number of rotatable bonds is 4. The molecular weight excluding hydrogens is 286 g/mol. The van der Waals surface area contributed by atoms with Gasteiger partial charge in [-0.2, -0.15) is 0 Å². The van der Waals surface area contributed by atoms with E-state index in [1.54, 1.807) is 0 Å². The Morgan fingerprint density at radius 2 is 2.50 bits per heavy atom. The molecule has 0 saturated carbocycles. The summed E-state index contributed by atoms with van der Waals surface area (Å²) in [4.78, 5) is 1.44. The zero-order valence-corrected chi connectivity index (χ0v) is 12.2. The molecule has 0 spiro atoms. The first-order valence-corrected chi connectivity index (χ1v) is 7.33. The lowest BCUT2D eigenvalue weighted by Gasteiger charge is -2.31. The summed E-state index contributed by atoms with van der Waals surface area (Å²) >= 11 is 5.45. The van der Waals surface area contributed by atoms with Crippen LogP contribution in [0.3, 0.4) is 0 Å². The molecule has 1 aromatic heterocycles. The Morgan fingerprint density at radius 1 is 1.69 bits per heavy atom. The second-order valence-electron chi connectivity index (χ2n) is 4.52. The van der Waals surface area contributed by atoms with Crippen LogP contribution in [0.2, 0.25) is 0 Å². The van der Waals surface area contributed by atoms with Gasteiger partial charge in [0, 0.05) is 27.9 Å². The number of hydrogen-bond donors (Lipinski definition) is 1. The van der Waals surface area contributed by atoms with Crippen LogP contribution in [0, 0.1) is 5.41 Å². The summed E-state index contributed by atoms with van der Waals surface area (Å²) in [5.74, 6) is 0. The van der Waals surface area contributed by atoms with E-state index >= 15 is 0 Å². The maximum Gasteiger partial charge on any atom is 0.0619 e. The highest BCUT2D eigenvalue weighted by Gasteiger charge is 2.41. The van der Waals surface area contributed by atoms with E-state index in [1.165, 1.54) is 9.35 Å². The first-order chi connectivity index (χ1) is 7.68. The van der Waals surface area contributed by atoms with Gasteiger partial charge in [-0.3, -0.25) is 0 Å². The van der Waals surface area contributed by atoms with Crippen LogP contribution in [-0.2, 0) is 11.2 Å². The average molecular weight is 304 g/mol. The summed E-state index contributed by atoms with van der Waals surface area (Å²) in [6, 6.07) is 2.13. The van der Waals surface area contributed by atoms with E-state index in [2.05, 4.69) is 39.6 Å². The van der Waals surface area contributed by atoms with E-state index in [0.29, 0.717) is 6.10 Å². The number of hydrogen-bond acceptors (Lipinski definition) is 3. The van der Waals surface area contributed by atoms with Crippen LogP contribution in [0.25, 0.3) is 0 Å². The summed E-state index contributed by atoms with van der Waals surface area (Å²) in [6.45, 7) is 4.12. The zero-order chi connectivity index (χ0) is 11.6. The Labute approximate surface area is 110 Å². The molecule has 1 aliphatic heterocycles. The Bertz CT molecular complexity index is 355. The largest absolute Gasteiger partial charge is 0.378 e. The Balaban J connectivity index is 2.17. The van der Waals surface area contributed by atoms with Crippen molar-refractivity contribution in [2.24, 2.45) is 5.41 Å². The van der Waals surface area contributed by atoms with Gasteiger partial charge in [0.1, 0.15) is 0 Å². The van der Waals surface area contributed by atoms with Gasteiger partial charge in [0.2, 0.25) is 0 Å². The fraction of sp³-hybridized carbons (Fsp3) is 0.667. The van der Waals surface area contributed by atoms with Crippen molar-refractivity contribution in [1.29, 1.82) is 0 Å². The molecule has 1 aliphatic rings. The van der Waals surface area contributed by atoms with Crippen LogP contribution in [0.5, 0.6) is 0 Å². The Kier molecular flexibility index (Phi) is 4.06. The number of nitrogens with one attached hydrogen (secondary N) is 1. The lowest BCUT2D eigenvalue weighted by Crippen LogP contribution is -2.40. The summed E-state index contributed by atoms with van der Waals surface area (Å²) in [7, 11) is 2.02. The molecule has 0 aliphatic carbocycles. The van der Waals surface area contributed by atoms with Gasteiger partial charge in [-0.15, -0.1) is 11.3 Å². The average Bonchev–Trinajstić information content (AvgIpc) is 2.78. The SMILES string of the molecule is CNCC1(Cc2sccc2Br)CCOC1C. The topological polar surface area (TPSA) is 21.3 Å². The molecule has 90 valence electrons. The molecular formula is C12H18BrNOS. The van der Waals surface area contributed by atoms with Crippen molar-refractivity contribution in [3.05, 3.63) is 20.8 Å². The van der Waals surface area contributed by atoms with Crippen molar-refractivity contribution in [2.45, 2.75) is 25.9 Å². The third-order valence-electron chi connectivity index (χ3n) is 3.56. The number of halogens is 1. The van der Waals surface area contributed by atoms with E-state index in [0.717, 1.165) is 26.0 Å². The highest BCUT2D eigenvalue weighted by Crippen LogP contribution is 2.40. The second kappa shape index (κ2) is 5.17. The maximum atomic E-state index is 5.76. The Morgan fingerprint density at radius 3 is 3.00 bits per heavy atom. The van der Waals surface area contributed by atoms with Gasteiger partial charge >= 0.3 is 0 Å². The molecule has 0 bridgehead atoms. The number of thiophene rings is 1. The third-order valence-corrected chi connectivity index (χ3v) is 5.49. The van der Waals surface area contributed by atoms with Gasteiger partial charge in [0.15, 0.2) is 0 Å². The molecule has 1 fully saturated rings. The van der Waals surface area contributed by atoms with Crippen LogP contribution in [0.1, 0.15) is 18.2 Å². The molecule has 2 heterocycles. The molecule has 1 N–H and O–H groups in total. The zero-order valence-electron chi connectivity index (χ0n) is 9.75. The third kappa shape index (κ3) is 2.35. The maximum absolute atomic E-state index is 5.76. The van der Waals surface area contributed by atoms with Crippen molar-refractivity contribution in [1.82, 2.24) is 5.32 Å². The lowest BCUT2D eigenvalue weighted by atomic mass is 9.78. The van der Waals surface area contributed by atoms with Gasteiger partial charge in [0.25, 0.3) is 0 Å². The van der Waals surface area contributed by atoms with Crippen molar-refractivity contribution < 1.29 is 4.74 Å². The highest BCUT2D eigenvalue weighted by molar-refractivity contribution is 9.10. The molecule has 0 aromatic carbocycles. The van der Waals surface area contributed by atoms with E-state index in [1.807, 2.05) is 18.4 Å². The van der Waals surface area contributed by atoms with E-state index < -0.39 is 0 Å². The van der Waals surface area contributed by atoms with Gasteiger partial charge in [-0.05, 0) is 54.2 Å². The molecule has 2 unspecified atom stereocenters. The minimum atomic E-state index is 0.266. The standard InChI is InChI=1S/C12H18BrNOS/c1-9-12(8-14-2,4-5-15-9)7-11-10(13)3-6-16-11/h3,6,9,14H,4-5,7-8H2,1-2H3. The lowest BCUT2D eigenvalue weighted by molar-refractivity contribution is 0.0643. The summed E-state index contributed by atoms with van der Waals surface area (Å²) in [6.07, 6.45) is 2.60. The van der Waals surface area contributed by atoms with Gasteiger partial charge in [0.05, 0.1) is 6.10 Å². The molecule has 1 aromatic rings. The Hall–Kier alpha value is 0.1000. The van der Waals surface area contributed by atoms with Crippen LogP contribution in [0.15, 0.2) is 15.9 Å². The molecule has 0 radical (unpaired) electrons. The van der Waals surface area contributed by atoms with Crippen LogP contribution in [-0.4, -0.2) is 26.3 Å². The fourth-order valence-electron chi connectivity index (χ4n) is 2.47. The molecule has 0 amide bonds.